The van der Waals surface area contributed by atoms with E-state index in [9.17, 15) is 9.59 Å². The highest BCUT2D eigenvalue weighted by Gasteiger charge is 2.16. The second kappa shape index (κ2) is 13.4. The van der Waals surface area contributed by atoms with E-state index in [1.54, 1.807) is 12.1 Å². The summed E-state index contributed by atoms with van der Waals surface area (Å²) in [5, 5.41) is 2.95. The van der Waals surface area contributed by atoms with E-state index in [-0.39, 0.29) is 24.5 Å². The van der Waals surface area contributed by atoms with Gasteiger partial charge in [0, 0.05) is 24.8 Å². The molecule has 0 bridgehead atoms. The first-order valence-corrected chi connectivity index (χ1v) is 12.0. The minimum atomic E-state index is -0.337. The van der Waals surface area contributed by atoms with Crippen molar-refractivity contribution in [1.29, 1.82) is 0 Å². The number of nitrogens with zero attached hydrogens (tertiary/aromatic N) is 2. The first-order chi connectivity index (χ1) is 17.3. The maximum atomic E-state index is 12.6. The lowest BCUT2D eigenvalue weighted by Gasteiger charge is -2.28. The number of ether oxygens (including phenoxy) is 2. The van der Waals surface area contributed by atoms with Crippen molar-refractivity contribution in [2.45, 2.75) is 26.1 Å². The summed E-state index contributed by atoms with van der Waals surface area (Å²) < 4.78 is 10.5. The fourth-order valence-corrected chi connectivity index (χ4v) is 3.79. The molecule has 7 heteroatoms. The van der Waals surface area contributed by atoms with Crippen molar-refractivity contribution >= 4 is 17.6 Å². The van der Waals surface area contributed by atoms with Crippen LogP contribution in [0.3, 0.4) is 0 Å². The van der Waals surface area contributed by atoms with Crippen LogP contribution in [0.15, 0.2) is 78.9 Å². The molecule has 1 amide bonds. The number of amides is 1. The third-order valence-corrected chi connectivity index (χ3v) is 5.94. The first-order valence-electron chi connectivity index (χ1n) is 12.0. The molecule has 1 N–H and O–H groups in total. The number of nitrogens with one attached hydrogen (secondary N) is 1. The van der Waals surface area contributed by atoms with E-state index in [1.165, 1.54) is 7.11 Å². The van der Waals surface area contributed by atoms with Gasteiger partial charge in [-0.3, -0.25) is 9.69 Å². The summed E-state index contributed by atoms with van der Waals surface area (Å²) in [7, 11) is 5.37. The molecule has 0 heterocycles. The van der Waals surface area contributed by atoms with E-state index >= 15 is 0 Å². The third kappa shape index (κ3) is 8.52. The number of hydrogen-bond donors (Lipinski definition) is 1. The molecule has 7 nitrogen and oxygen atoms in total. The van der Waals surface area contributed by atoms with Crippen molar-refractivity contribution in [3.8, 4) is 5.75 Å². The molecule has 0 saturated heterocycles. The molecule has 190 valence electrons. The number of carbonyl (C=O) groups excluding carboxylic acids is 2. The zero-order valence-corrected chi connectivity index (χ0v) is 21.4. The van der Waals surface area contributed by atoms with Crippen LogP contribution in [0, 0.1) is 0 Å². The second-order valence-electron chi connectivity index (χ2n) is 9.00. The smallest absolute Gasteiger partial charge is 0.337 e. The van der Waals surface area contributed by atoms with Crippen molar-refractivity contribution < 1.29 is 19.1 Å². The SMILES string of the molecule is COC(=O)c1ccc(CN(C)CC(C)N(C)CC(=O)Nc2ccc(OCc3ccccc3)cc2)cc1. The van der Waals surface area contributed by atoms with E-state index in [4.69, 9.17) is 9.47 Å². The highest BCUT2D eigenvalue weighted by Crippen LogP contribution is 2.17. The van der Waals surface area contributed by atoms with Gasteiger partial charge in [0.2, 0.25) is 5.91 Å². The van der Waals surface area contributed by atoms with E-state index in [0.717, 1.165) is 35.7 Å². The molecule has 0 aliphatic carbocycles. The van der Waals surface area contributed by atoms with Crippen LogP contribution in [-0.4, -0.2) is 62.0 Å². The van der Waals surface area contributed by atoms with Gasteiger partial charge in [0.25, 0.3) is 0 Å². The predicted molar refractivity (Wildman–Crippen MR) is 142 cm³/mol. The number of likely N-dealkylation sites (N-methyl/N-ethyl adjacent to an activating group) is 2. The Labute approximate surface area is 213 Å². The third-order valence-electron chi connectivity index (χ3n) is 5.94. The topological polar surface area (TPSA) is 71.1 Å². The molecule has 36 heavy (non-hydrogen) atoms. The number of hydrogen-bond acceptors (Lipinski definition) is 6. The van der Waals surface area contributed by atoms with Gasteiger partial charge in [0.15, 0.2) is 0 Å². The number of rotatable bonds is 12. The molecule has 0 aromatic heterocycles. The van der Waals surface area contributed by atoms with Gasteiger partial charge in [-0.15, -0.1) is 0 Å². The van der Waals surface area contributed by atoms with E-state index in [0.29, 0.717) is 12.2 Å². The zero-order valence-electron chi connectivity index (χ0n) is 21.4. The molecule has 0 saturated carbocycles. The molecule has 0 spiro atoms. The molecule has 1 unspecified atom stereocenters. The molecule has 0 aliphatic heterocycles. The van der Waals surface area contributed by atoms with E-state index < -0.39 is 0 Å². The minimum absolute atomic E-state index is 0.0663. The van der Waals surface area contributed by atoms with Gasteiger partial charge in [-0.2, -0.15) is 0 Å². The summed E-state index contributed by atoms with van der Waals surface area (Å²) in [6.07, 6.45) is 0. The standard InChI is InChI=1S/C29H35N3O4/c1-22(18-31(2)19-23-10-12-25(13-11-23)29(34)35-4)32(3)20-28(33)30-26-14-16-27(17-15-26)36-21-24-8-6-5-7-9-24/h5-17,22H,18-21H2,1-4H3,(H,30,33). The summed E-state index contributed by atoms with van der Waals surface area (Å²) in [5.74, 6) is 0.352. The Hall–Kier alpha value is -3.68. The van der Waals surface area contributed by atoms with Gasteiger partial charge < -0.3 is 19.7 Å². The summed E-state index contributed by atoms with van der Waals surface area (Å²) in [5.41, 5.74) is 3.49. The average molecular weight is 490 g/mol. The number of benzene rings is 3. The lowest BCUT2D eigenvalue weighted by atomic mass is 10.1. The Morgan fingerprint density at radius 2 is 1.56 bits per heavy atom. The molecule has 3 aromatic rings. The fourth-order valence-electron chi connectivity index (χ4n) is 3.79. The van der Waals surface area contributed by atoms with Gasteiger partial charge in [-0.05, 0) is 68.5 Å². The molecule has 3 aromatic carbocycles. The van der Waals surface area contributed by atoms with Crippen molar-refractivity contribution in [2.24, 2.45) is 0 Å². The molecule has 3 rings (SSSR count). The van der Waals surface area contributed by atoms with Crippen LogP contribution >= 0.6 is 0 Å². The van der Waals surface area contributed by atoms with Gasteiger partial charge >= 0.3 is 5.97 Å². The van der Waals surface area contributed by atoms with Crippen molar-refractivity contribution in [3.05, 3.63) is 95.6 Å². The largest absolute Gasteiger partial charge is 0.489 e. The van der Waals surface area contributed by atoms with Gasteiger partial charge in [-0.1, -0.05) is 42.5 Å². The summed E-state index contributed by atoms with van der Waals surface area (Å²) in [6.45, 7) is 4.42. The van der Waals surface area contributed by atoms with Crippen LogP contribution in [-0.2, 0) is 22.7 Å². The van der Waals surface area contributed by atoms with Crippen LogP contribution in [0.4, 0.5) is 5.69 Å². The monoisotopic (exact) mass is 489 g/mol. The van der Waals surface area contributed by atoms with E-state index in [2.05, 4.69) is 17.1 Å². The normalized spacial score (nSPS) is 11.8. The lowest BCUT2D eigenvalue weighted by Crippen LogP contribution is -2.42. The molecule has 0 fully saturated rings. The highest BCUT2D eigenvalue weighted by atomic mass is 16.5. The summed E-state index contributed by atoms with van der Waals surface area (Å²) in [4.78, 5) is 28.4. The van der Waals surface area contributed by atoms with Crippen molar-refractivity contribution in [3.63, 3.8) is 0 Å². The van der Waals surface area contributed by atoms with Gasteiger partial charge in [0.1, 0.15) is 12.4 Å². The average Bonchev–Trinajstić information content (AvgIpc) is 2.88. The Morgan fingerprint density at radius 3 is 2.19 bits per heavy atom. The first kappa shape index (κ1) is 26.9. The Morgan fingerprint density at radius 1 is 0.889 bits per heavy atom. The Bertz CT molecular complexity index is 1100. The number of anilines is 1. The maximum Gasteiger partial charge on any atom is 0.337 e. The summed E-state index contributed by atoms with van der Waals surface area (Å²) in [6, 6.07) is 25.0. The van der Waals surface area contributed by atoms with Crippen LogP contribution in [0.5, 0.6) is 5.75 Å². The lowest BCUT2D eigenvalue weighted by molar-refractivity contribution is -0.117. The Balaban J connectivity index is 1.40. The Kier molecular flexibility index (Phi) is 10.0. The van der Waals surface area contributed by atoms with Crippen LogP contribution < -0.4 is 10.1 Å². The highest BCUT2D eigenvalue weighted by molar-refractivity contribution is 5.92. The van der Waals surface area contributed by atoms with E-state index in [1.807, 2.05) is 85.7 Å². The second-order valence-corrected chi connectivity index (χ2v) is 9.00. The van der Waals surface area contributed by atoms with Gasteiger partial charge in [0.05, 0.1) is 19.2 Å². The molecule has 1 atom stereocenters. The zero-order chi connectivity index (χ0) is 25.9. The fraction of sp³-hybridized carbons (Fsp3) is 0.310. The van der Waals surface area contributed by atoms with Crippen LogP contribution in [0.1, 0.15) is 28.4 Å². The van der Waals surface area contributed by atoms with Crippen molar-refractivity contribution in [2.75, 3.05) is 39.6 Å². The molecular formula is C29H35N3O4. The molecule has 0 aliphatic rings. The predicted octanol–water partition coefficient (Wildman–Crippen LogP) is 4.44. The molecule has 0 radical (unpaired) electrons. The van der Waals surface area contributed by atoms with Gasteiger partial charge in [-0.25, -0.2) is 4.79 Å². The number of esters is 1. The molecular weight excluding hydrogens is 454 g/mol. The number of methoxy groups -OCH3 is 1. The summed E-state index contributed by atoms with van der Waals surface area (Å²) >= 11 is 0. The minimum Gasteiger partial charge on any atom is -0.489 e. The maximum absolute atomic E-state index is 12.6. The van der Waals surface area contributed by atoms with Crippen LogP contribution in [0.25, 0.3) is 0 Å². The van der Waals surface area contributed by atoms with Crippen LogP contribution in [0.2, 0.25) is 0 Å². The number of carbonyl (C=O) groups is 2. The quantitative estimate of drug-likeness (QED) is 0.379. The van der Waals surface area contributed by atoms with Crippen molar-refractivity contribution in [1.82, 2.24) is 9.80 Å².